The SMILES string of the molecule is Cc1cc(Cl)cc(C(=O)N(N)CC(C)(C)C)c1. The average Bonchev–Trinajstić information content (AvgIpc) is 2.12. The molecular weight excluding hydrogens is 236 g/mol. The van der Waals surface area contributed by atoms with E-state index >= 15 is 0 Å². The van der Waals surface area contributed by atoms with Gasteiger partial charge in [0.15, 0.2) is 0 Å². The summed E-state index contributed by atoms with van der Waals surface area (Å²) in [6.45, 7) is 8.49. The summed E-state index contributed by atoms with van der Waals surface area (Å²) in [5.41, 5.74) is 1.45. The Morgan fingerprint density at radius 3 is 2.41 bits per heavy atom. The van der Waals surface area contributed by atoms with Crippen molar-refractivity contribution < 1.29 is 4.79 Å². The number of halogens is 1. The predicted molar refractivity (Wildman–Crippen MR) is 70.9 cm³/mol. The zero-order valence-corrected chi connectivity index (χ0v) is 11.5. The maximum atomic E-state index is 12.1. The number of nitrogens with two attached hydrogens (primary N) is 1. The minimum Gasteiger partial charge on any atom is -0.276 e. The maximum Gasteiger partial charge on any atom is 0.267 e. The van der Waals surface area contributed by atoms with E-state index < -0.39 is 0 Å². The highest BCUT2D eigenvalue weighted by molar-refractivity contribution is 6.31. The fraction of sp³-hybridized carbons (Fsp3) is 0.462. The molecule has 0 radical (unpaired) electrons. The van der Waals surface area contributed by atoms with E-state index in [2.05, 4.69) is 0 Å². The standard InChI is InChI=1S/C13H19ClN2O/c1-9-5-10(7-11(14)6-9)12(17)16(15)8-13(2,3)4/h5-7H,8,15H2,1-4H3. The largest absolute Gasteiger partial charge is 0.276 e. The Hall–Kier alpha value is -1.06. The van der Waals surface area contributed by atoms with Crippen LogP contribution in [0.2, 0.25) is 5.02 Å². The van der Waals surface area contributed by atoms with Crippen LogP contribution >= 0.6 is 11.6 Å². The van der Waals surface area contributed by atoms with Crippen molar-refractivity contribution in [3.8, 4) is 0 Å². The van der Waals surface area contributed by atoms with Gasteiger partial charge in [0.2, 0.25) is 0 Å². The van der Waals surface area contributed by atoms with Crippen molar-refractivity contribution in [2.75, 3.05) is 6.54 Å². The van der Waals surface area contributed by atoms with Crippen LogP contribution in [0.5, 0.6) is 0 Å². The van der Waals surface area contributed by atoms with Crippen molar-refractivity contribution in [1.29, 1.82) is 0 Å². The van der Waals surface area contributed by atoms with Crippen molar-refractivity contribution in [2.24, 2.45) is 11.3 Å². The van der Waals surface area contributed by atoms with Crippen LogP contribution < -0.4 is 5.84 Å². The first-order valence-corrected chi connectivity index (χ1v) is 5.90. The molecular formula is C13H19ClN2O. The van der Waals surface area contributed by atoms with Crippen LogP contribution in [0.25, 0.3) is 0 Å². The number of benzene rings is 1. The molecule has 94 valence electrons. The summed E-state index contributed by atoms with van der Waals surface area (Å²) in [4.78, 5) is 12.1. The van der Waals surface area contributed by atoms with Gasteiger partial charge in [-0.3, -0.25) is 9.80 Å². The van der Waals surface area contributed by atoms with E-state index in [1.54, 1.807) is 12.1 Å². The summed E-state index contributed by atoms with van der Waals surface area (Å²) in [5.74, 6) is 5.57. The number of amides is 1. The fourth-order valence-electron chi connectivity index (χ4n) is 1.61. The second-order valence-corrected chi connectivity index (χ2v) is 5.95. The predicted octanol–water partition coefficient (Wildman–Crippen LogP) is 3.01. The lowest BCUT2D eigenvalue weighted by Gasteiger charge is -2.26. The first-order chi connectivity index (χ1) is 7.69. The molecule has 0 atom stereocenters. The number of hydrogen-bond acceptors (Lipinski definition) is 2. The molecule has 3 nitrogen and oxygen atoms in total. The first kappa shape index (κ1) is 14.0. The zero-order chi connectivity index (χ0) is 13.2. The summed E-state index contributed by atoms with van der Waals surface area (Å²) in [5, 5.41) is 1.79. The molecule has 0 aromatic heterocycles. The Morgan fingerprint density at radius 1 is 1.35 bits per heavy atom. The molecule has 0 aliphatic rings. The number of nitrogens with zero attached hydrogens (tertiary/aromatic N) is 1. The molecule has 2 N–H and O–H groups in total. The van der Waals surface area contributed by atoms with Gasteiger partial charge in [0.1, 0.15) is 0 Å². The van der Waals surface area contributed by atoms with E-state index in [1.165, 1.54) is 5.01 Å². The topological polar surface area (TPSA) is 46.3 Å². The highest BCUT2D eigenvalue weighted by Gasteiger charge is 2.19. The Balaban J connectivity index is 2.89. The number of hydrazine groups is 1. The molecule has 0 unspecified atom stereocenters. The molecule has 0 saturated heterocycles. The molecule has 4 heteroatoms. The average molecular weight is 255 g/mol. The molecule has 0 aliphatic heterocycles. The minimum atomic E-state index is -0.203. The maximum absolute atomic E-state index is 12.1. The lowest BCUT2D eigenvalue weighted by molar-refractivity contribution is 0.0695. The highest BCUT2D eigenvalue weighted by Crippen LogP contribution is 2.18. The zero-order valence-electron chi connectivity index (χ0n) is 10.7. The van der Waals surface area contributed by atoms with Crippen molar-refractivity contribution in [3.05, 3.63) is 34.3 Å². The van der Waals surface area contributed by atoms with Crippen LogP contribution in [0.4, 0.5) is 0 Å². The van der Waals surface area contributed by atoms with E-state index in [1.807, 2.05) is 33.8 Å². The van der Waals surface area contributed by atoms with Crippen molar-refractivity contribution in [2.45, 2.75) is 27.7 Å². The summed E-state index contributed by atoms with van der Waals surface area (Å²) in [6.07, 6.45) is 0. The van der Waals surface area contributed by atoms with Gasteiger partial charge in [0, 0.05) is 17.1 Å². The Bertz CT molecular complexity index is 404. The summed E-state index contributed by atoms with van der Waals surface area (Å²) in [7, 11) is 0. The minimum absolute atomic E-state index is 0.0297. The summed E-state index contributed by atoms with van der Waals surface area (Å²) in [6, 6.07) is 5.24. The molecule has 0 fully saturated rings. The van der Waals surface area contributed by atoms with Crippen LogP contribution in [-0.4, -0.2) is 17.5 Å². The van der Waals surface area contributed by atoms with Gasteiger partial charge in [0.05, 0.1) is 0 Å². The van der Waals surface area contributed by atoms with E-state index in [0.717, 1.165) is 5.56 Å². The van der Waals surface area contributed by atoms with Crippen LogP contribution in [0, 0.1) is 12.3 Å². The molecule has 0 aliphatic carbocycles. The first-order valence-electron chi connectivity index (χ1n) is 5.53. The molecule has 17 heavy (non-hydrogen) atoms. The quantitative estimate of drug-likeness (QED) is 0.501. The number of carbonyl (C=O) groups excluding carboxylic acids is 1. The van der Waals surface area contributed by atoms with E-state index in [9.17, 15) is 4.79 Å². The fourth-order valence-corrected chi connectivity index (χ4v) is 1.90. The third kappa shape index (κ3) is 4.36. The van der Waals surface area contributed by atoms with Gasteiger partial charge in [0.25, 0.3) is 5.91 Å². The highest BCUT2D eigenvalue weighted by atomic mass is 35.5. The summed E-state index contributed by atoms with van der Waals surface area (Å²) >= 11 is 5.92. The molecule has 0 heterocycles. The van der Waals surface area contributed by atoms with Crippen molar-refractivity contribution >= 4 is 17.5 Å². The van der Waals surface area contributed by atoms with Crippen LogP contribution in [0.1, 0.15) is 36.7 Å². The lowest BCUT2D eigenvalue weighted by Crippen LogP contribution is -2.42. The summed E-state index contributed by atoms with van der Waals surface area (Å²) < 4.78 is 0. The second kappa shape index (κ2) is 5.07. The molecule has 0 saturated carbocycles. The van der Waals surface area contributed by atoms with Crippen molar-refractivity contribution in [1.82, 2.24) is 5.01 Å². The van der Waals surface area contributed by atoms with Crippen molar-refractivity contribution in [3.63, 3.8) is 0 Å². The third-order valence-electron chi connectivity index (χ3n) is 2.19. The molecule has 1 aromatic rings. The molecule has 1 aromatic carbocycles. The Morgan fingerprint density at radius 2 is 1.94 bits per heavy atom. The molecule has 0 spiro atoms. The Labute approximate surface area is 108 Å². The lowest BCUT2D eigenvalue weighted by atomic mass is 9.96. The second-order valence-electron chi connectivity index (χ2n) is 5.51. The monoisotopic (exact) mass is 254 g/mol. The van der Waals surface area contributed by atoms with Crippen LogP contribution in [0.3, 0.4) is 0 Å². The number of hydrogen-bond donors (Lipinski definition) is 1. The molecule has 1 rings (SSSR count). The van der Waals surface area contributed by atoms with Gasteiger partial charge in [-0.05, 0) is 36.1 Å². The van der Waals surface area contributed by atoms with Gasteiger partial charge in [-0.15, -0.1) is 0 Å². The molecule has 1 amide bonds. The van der Waals surface area contributed by atoms with Gasteiger partial charge >= 0.3 is 0 Å². The van der Waals surface area contributed by atoms with Crippen LogP contribution in [-0.2, 0) is 0 Å². The van der Waals surface area contributed by atoms with E-state index in [4.69, 9.17) is 17.4 Å². The molecule has 0 bridgehead atoms. The van der Waals surface area contributed by atoms with Gasteiger partial charge < -0.3 is 0 Å². The number of carbonyl (C=O) groups is 1. The third-order valence-corrected chi connectivity index (χ3v) is 2.41. The normalized spacial score (nSPS) is 11.4. The smallest absolute Gasteiger partial charge is 0.267 e. The van der Waals surface area contributed by atoms with Crippen LogP contribution in [0.15, 0.2) is 18.2 Å². The van der Waals surface area contributed by atoms with Gasteiger partial charge in [-0.1, -0.05) is 32.4 Å². The number of rotatable bonds is 2. The Kier molecular flexibility index (Phi) is 4.17. The van der Waals surface area contributed by atoms with Gasteiger partial charge in [-0.2, -0.15) is 0 Å². The van der Waals surface area contributed by atoms with Gasteiger partial charge in [-0.25, -0.2) is 5.84 Å². The number of aryl methyl sites for hydroxylation is 1. The van der Waals surface area contributed by atoms with E-state index in [-0.39, 0.29) is 11.3 Å². The van der Waals surface area contributed by atoms with E-state index in [0.29, 0.717) is 17.1 Å².